The van der Waals surface area contributed by atoms with Gasteiger partial charge in [-0.25, -0.2) is 10.4 Å². The van der Waals surface area contributed by atoms with Crippen LogP contribution >= 0.6 is 11.6 Å². The molecule has 2 aromatic rings. The molecule has 0 bridgehead atoms. The lowest BCUT2D eigenvalue weighted by atomic mass is 10.2. The SMILES string of the molecule is O=C(NNC1CCCC1)c1cnc2[nH]ccc2c1Cl. The fourth-order valence-corrected chi connectivity index (χ4v) is 2.73. The van der Waals surface area contributed by atoms with Crippen molar-refractivity contribution in [3.05, 3.63) is 29.0 Å². The molecule has 5 nitrogen and oxygen atoms in total. The zero-order valence-electron chi connectivity index (χ0n) is 10.4. The van der Waals surface area contributed by atoms with Gasteiger partial charge in [-0.05, 0) is 18.9 Å². The van der Waals surface area contributed by atoms with E-state index in [0.29, 0.717) is 22.3 Å². The molecule has 2 heterocycles. The summed E-state index contributed by atoms with van der Waals surface area (Å²) in [4.78, 5) is 19.2. The number of carbonyl (C=O) groups is 1. The second kappa shape index (κ2) is 5.19. The fraction of sp³-hybridized carbons (Fsp3) is 0.385. The molecule has 19 heavy (non-hydrogen) atoms. The first kappa shape index (κ1) is 12.4. The van der Waals surface area contributed by atoms with E-state index in [1.165, 1.54) is 19.0 Å². The molecule has 0 atom stereocenters. The standard InChI is InChI=1S/C13H15ClN4O/c14-11-9-5-6-15-12(9)16-7-10(11)13(19)18-17-8-3-1-2-4-8/h5-8,17H,1-4H2,(H,15,16)(H,18,19). The number of halogens is 1. The number of nitrogens with zero attached hydrogens (tertiary/aromatic N) is 1. The molecular formula is C13H15ClN4O. The van der Waals surface area contributed by atoms with Gasteiger partial charge < -0.3 is 4.98 Å². The minimum atomic E-state index is -0.243. The van der Waals surface area contributed by atoms with Crippen molar-refractivity contribution in [2.24, 2.45) is 0 Å². The van der Waals surface area contributed by atoms with Crippen LogP contribution < -0.4 is 10.9 Å². The van der Waals surface area contributed by atoms with Gasteiger partial charge in [0.15, 0.2) is 0 Å². The molecule has 0 spiro atoms. The van der Waals surface area contributed by atoms with Gasteiger partial charge in [0.1, 0.15) is 5.65 Å². The number of rotatable bonds is 3. The van der Waals surface area contributed by atoms with Crippen LogP contribution in [0.5, 0.6) is 0 Å². The van der Waals surface area contributed by atoms with Crippen LogP contribution in [0.4, 0.5) is 0 Å². The summed E-state index contributed by atoms with van der Waals surface area (Å²) in [5, 5.41) is 1.19. The molecule has 3 rings (SSSR count). The van der Waals surface area contributed by atoms with E-state index in [4.69, 9.17) is 11.6 Å². The summed E-state index contributed by atoms with van der Waals surface area (Å²) in [7, 11) is 0. The third kappa shape index (κ3) is 2.43. The Morgan fingerprint density at radius 3 is 3.00 bits per heavy atom. The molecule has 100 valence electrons. The van der Waals surface area contributed by atoms with E-state index >= 15 is 0 Å². The Bertz CT molecular complexity index is 604. The number of H-pyrrole nitrogens is 1. The molecule has 0 saturated heterocycles. The van der Waals surface area contributed by atoms with Gasteiger partial charge >= 0.3 is 0 Å². The zero-order valence-corrected chi connectivity index (χ0v) is 11.1. The lowest BCUT2D eigenvalue weighted by Crippen LogP contribution is -2.43. The smallest absolute Gasteiger partial charge is 0.268 e. The Morgan fingerprint density at radius 2 is 2.21 bits per heavy atom. The minimum absolute atomic E-state index is 0.243. The van der Waals surface area contributed by atoms with E-state index < -0.39 is 0 Å². The molecule has 3 N–H and O–H groups in total. The van der Waals surface area contributed by atoms with Crippen LogP contribution in [0.3, 0.4) is 0 Å². The number of carbonyl (C=O) groups excluding carboxylic acids is 1. The van der Waals surface area contributed by atoms with E-state index in [9.17, 15) is 4.79 Å². The lowest BCUT2D eigenvalue weighted by Gasteiger charge is -2.13. The maximum atomic E-state index is 12.1. The Morgan fingerprint density at radius 1 is 1.42 bits per heavy atom. The normalized spacial score (nSPS) is 16.1. The summed E-state index contributed by atoms with van der Waals surface area (Å²) in [6.45, 7) is 0. The topological polar surface area (TPSA) is 69.8 Å². The van der Waals surface area contributed by atoms with Gasteiger partial charge in [0.05, 0.1) is 10.6 Å². The molecule has 0 aromatic carbocycles. The maximum absolute atomic E-state index is 12.1. The molecule has 1 aliphatic carbocycles. The van der Waals surface area contributed by atoms with Crippen molar-refractivity contribution < 1.29 is 4.79 Å². The molecule has 0 aliphatic heterocycles. The molecule has 2 aromatic heterocycles. The Hall–Kier alpha value is -1.59. The molecule has 1 saturated carbocycles. The highest BCUT2D eigenvalue weighted by molar-refractivity contribution is 6.38. The van der Waals surface area contributed by atoms with Gasteiger partial charge in [-0.2, -0.15) is 0 Å². The first-order valence-electron chi connectivity index (χ1n) is 6.43. The highest BCUT2D eigenvalue weighted by Gasteiger charge is 2.18. The van der Waals surface area contributed by atoms with E-state index in [1.807, 2.05) is 6.07 Å². The summed E-state index contributed by atoms with van der Waals surface area (Å²) < 4.78 is 0. The highest BCUT2D eigenvalue weighted by atomic mass is 35.5. The average molecular weight is 279 g/mol. The third-order valence-electron chi connectivity index (χ3n) is 3.51. The van der Waals surface area contributed by atoms with Gasteiger partial charge in [0, 0.05) is 23.8 Å². The Balaban J connectivity index is 1.75. The molecule has 6 heteroatoms. The van der Waals surface area contributed by atoms with Crippen molar-refractivity contribution in [2.75, 3.05) is 0 Å². The van der Waals surface area contributed by atoms with E-state index in [0.717, 1.165) is 18.2 Å². The predicted molar refractivity (Wildman–Crippen MR) is 74.0 cm³/mol. The summed E-state index contributed by atoms with van der Waals surface area (Å²) in [6, 6.07) is 2.18. The van der Waals surface area contributed by atoms with Gasteiger partial charge in [-0.3, -0.25) is 10.2 Å². The van der Waals surface area contributed by atoms with Crippen LogP contribution in [0.15, 0.2) is 18.5 Å². The lowest BCUT2D eigenvalue weighted by molar-refractivity contribution is 0.0925. The monoisotopic (exact) mass is 278 g/mol. The van der Waals surface area contributed by atoms with Crippen molar-refractivity contribution in [3.63, 3.8) is 0 Å². The van der Waals surface area contributed by atoms with Crippen molar-refractivity contribution >= 4 is 28.5 Å². The number of hydrogen-bond donors (Lipinski definition) is 3. The van der Waals surface area contributed by atoms with Crippen LogP contribution in [0, 0.1) is 0 Å². The predicted octanol–water partition coefficient (Wildman–Crippen LogP) is 2.39. The number of aromatic nitrogens is 2. The Kier molecular flexibility index (Phi) is 3.40. The maximum Gasteiger partial charge on any atom is 0.268 e. The highest BCUT2D eigenvalue weighted by Crippen LogP contribution is 2.24. The first-order valence-corrected chi connectivity index (χ1v) is 6.81. The molecule has 1 fully saturated rings. The minimum Gasteiger partial charge on any atom is -0.346 e. The number of aromatic amines is 1. The van der Waals surface area contributed by atoms with Crippen molar-refractivity contribution in [1.82, 2.24) is 20.8 Å². The Labute approximate surface area is 115 Å². The second-order valence-electron chi connectivity index (χ2n) is 4.81. The van der Waals surface area contributed by atoms with Crippen molar-refractivity contribution in [3.8, 4) is 0 Å². The number of fused-ring (bicyclic) bond motifs is 1. The van der Waals surface area contributed by atoms with Crippen LogP contribution in [-0.2, 0) is 0 Å². The van der Waals surface area contributed by atoms with Gasteiger partial charge in [-0.1, -0.05) is 24.4 Å². The largest absolute Gasteiger partial charge is 0.346 e. The number of nitrogens with one attached hydrogen (secondary N) is 3. The molecule has 0 radical (unpaired) electrons. The van der Waals surface area contributed by atoms with Crippen molar-refractivity contribution in [2.45, 2.75) is 31.7 Å². The summed E-state index contributed by atoms with van der Waals surface area (Å²) in [5.74, 6) is -0.243. The number of pyridine rings is 1. The van der Waals surface area contributed by atoms with E-state index in [2.05, 4.69) is 20.8 Å². The van der Waals surface area contributed by atoms with Crippen LogP contribution in [0.1, 0.15) is 36.0 Å². The van der Waals surface area contributed by atoms with Gasteiger partial charge in [0.2, 0.25) is 0 Å². The summed E-state index contributed by atoms with van der Waals surface area (Å²) >= 11 is 6.22. The first-order chi connectivity index (χ1) is 9.25. The molecule has 1 aliphatic rings. The van der Waals surface area contributed by atoms with E-state index in [1.54, 1.807) is 6.20 Å². The fourth-order valence-electron chi connectivity index (χ4n) is 2.44. The van der Waals surface area contributed by atoms with E-state index in [-0.39, 0.29) is 5.91 Å². The quantitative estimate of drug-likeness (QED) is 0.755. The number of hydrogen-bond acceptors (Lipinski definition) is 3. The van der Waals surface area contributed by atoms with Crippen LogP contribution in [-0.4, -0.2) is 21.9 Å². The third-order valence-corrected chi connectivity index (χ3v) is 3.92. The zero-order chi connectivity index (χ0) is 13.2. The summed E-state index contributed by atoms with van der Waals surface area (Å²) in [6.07, 6.45) is 7.87. The van der Waals surface area contributed by atoms with Crippen LogP contribution in [0.2, 0.25) is 5.02 Å². The second-order valence-corrected chi connectivity index (χ2v) is 5.18. The van der Waals surface area contributed by atoms with Gasteiger partial charge in [-0.15, -0.1) is 0 Å². The average Bonchev–Trinajstić information content (AvgIpc) is 3.07. The number of amides is 1. The van der Waals surface area contributed by atoms with Gasteiger partial charge in [0.25, 0.3) is 5.91 Å². The summed E-state index contributed by atoms with van der Waals surface area (Å²) in [5.41, 5.74) is 6.84. The van der Waals surface area contributed by atoms with Crippen molar-refractivity contribution in [1.29, 1.82) is 0 Å². The number of hydrazine groups is 1. The molecule has 0 unspecified atom stereocenters. The molecular weight excluding hydrogens is 264 g/mol. The van der Waals surface area contributed by atoms with Crippen LogP contribution in [0.25, 0.3) is 11.0 Å². The molecule has 1 amide bonds.